The van der Waals surface area contributed by atoms with Crippen molar-refractivity contribution in [3.8, 4) is 0 Å². The Bertz CT molecular complexity index is 1070. The number of nitrogens with one attached hydrogen (secondary N) is 2. The fourth-order valence-corrected chi connectivity index (χ4v) is 3.53. The van der Waals surface area contributed by atoms with Gasteiger partial charge in [-0.15, -0.1) is 0 Å². The van der Waals surface area contributed by atoms with E-state index in [2.05, 4.69) is 10.0 Å². The number of aryl methyl sites for hydroxylation is 1. The van der Waals surface area contributed by atoms with E-state index < -0.39 is 10.0 Å². The van der Waals surface area contributed by atoms with Crippen LogP contribution in [0.25, 0.3) is 6.08 Å². The third-order valence-electron chi connectivity index (χ3n) is 3.96. The van der Waals surface area contributed by atoms with Crippen LogP contribution >= 0.6 is 0 Å². The second kappa shape index (κ2) is 8.54. The molecule has 1 amide bonds. The number of sulfonamides is 1. The van der Waals surface area contributed by atoms with Crippen LogP contribution in [0.2, 0.25) is 0 Å². The Morgan fingerprint density at radius 3 is 2.07 bits per heavy atom. The summed E-state index contributed by atoms with van der Waals surface area (Å²) in [5.41, 5.74) is 2.97. The zero-order chi connectivity index (χ0) is 20.0. The largest absolute Gasteiger partial charge is 0.323 e. The van der Waals surface area contributed by atoms with E-state index in [1.54, 1.807) is 30.3 Å². The maximum Gasteiger partial charge on any atom is 0.261 e. The second-order valence-corrected chi connectivity index (χ2v) is 7.91. The lowest BCUT2D eigenvalue weighted by molar-refractivity contribution is -0.111. The van der Waals surface area contributed by atoms with Crippen LogP contribution in [0.4, 0.5) is 11.4 Å². The fraction of sp³-hybridized carbons (Fsp3) is 0.0455. The van der Waals surface area contributed by atoms with E-state index in [0.717, 1.165) is 11.1 Å². The molecule has 0 saturated heterocycles. The zero-order valence-corrected chi connectivity index (χ0v) is 16.1. The Labute approximate surface area is 164 Å². The molecule has 5 nitrogen and oxygen atoms in total. The first-order chi connectivity index (χ1) is 13.4. The highest BCUT2D eigenvalue weighted by Crippen LogP contribution is 2.18. The molecule has 0 spiro atoms. The summed E-state index contributed by atoms with van der Waals surface area (Å²) in [4.78, 5) is 12.1. The number of anilines is 2. The van der Waals surface area contributed by atoms with Crippen LogP contribution < -0.4 is 10.0 Å². The molecule has 0 unspecified atom stereocenters. The molecular formula is C22H20N2O3S. The molecule has 0 saturated carbocycles. The Kier molecular flexibility index (Phi) is 5.91. The Balaban J connectivity index is 1.64. The number of rotatable bonds is 6. The van der Waals surface area contributed by atoms with Crippen LogP contribution in [0, 0.1) is 6.92 Å². The molecule has 28 heavy (non-hydrogen) atoms. The Morgan fingerprint density at radius 1 is 0.821 bits per heavy atom. The molecule has 0 aromatic heterocycles. The number of hydrogen-bond donors (Lipinski definition) is 2. The summed E-state index contributed by atoms with van der Waals surface area (Å²) in [6, 6.07) is 22.6. The van der Waals surface area contributed by atoms with Gasteiger partial charge in [-0.2, -0.15) is 0 Å². The van der Waals surface area contributed by atoms with Crippen LogP contribution in [0.15, 0.2) is 89.8 Å². The van der Waals surface area contributed by atoms with Gasteiger partial charge in [-0.1, -0.05) is 48.0 Å². The first-order valence-corrected chi connectivity index (χ1v) is 10.1. The predicted octanol–water partition coefficient (Wildman–Crippen LogP) is 4.45. The lowest BCUT2D eigenvalue weighted by Gasteiger charge is -2.09. The van der Waals surface area contributed by atoms with Crippen molar-refractivity contribution in [3.63, 3.8) is 0 Å². The molecule has 0 heterocycles. The molecule has 6 heteroatoms. The predicted molar refractivity (Wildman–Crippen MR) is 113 cm³/mol. The molecule has 2 N–H and O–H groups in total. The van der Waals surface area contributed by atoms with Gasteiger partial charge in [-0.3, -0.25) is 9.52 Å². The van der Waals surface area contributed by atoms with Gasteiger partial charge in [0.2, 0.25) is 5.91 Å². The molecule has 0 aliphatic heterocycles. The van der Waals surface area contributed by atoms with E-state index in [0.29, 0.717) is 11.4 Å². The summed E-state index contributed by atoms with van der Waals surface area (Å²) < 4.78 is 27.5. The number of carbonyl (C=O) groups excluding carboxylic acids is 1. The van der Waals surface area contributed by atoms with Gasteiger partial charge in [0.05, 0.1) is 4.90 Å². The molecule has 0 bridgehead atoms. The molecule has 0 fully saturated rings. The van der Waals surface area contributed by atoms with Crippen molar-refractivity contribution in [2.45, 2.75) is 11.8 Å². The van der Waals surface area contributed by atoms with Gasteiger partial charge in [0.25, 0.3) is 10.0 Å². The minimum Gasteiger partial charge on any atom is -0.323 e. The molecule has 3 rings (SSSR count). The monoisotopic (exact) mass is 392 g/mol. The highest BCUT2D eigenvalue weighted by molar-refractivity contribution is 7.92. The van der Waals surface area contributed by atoms with Crippen molar-refractivity contribution in [2.24, 2.45) is 0 Å². The second-order valence-electron chi connectivity index (χ2n) is 6.23. The van der Waals surface area contributed by atoms with Gasteiger partial charge in [0.1, 0.15) is 0 Å². The topological polar surface area (TPSA) is 75.3 Å². The maximum absolute atomic E-state index is 12.5. The van der Waals surface area contributed by atoms with Crippen LogP contribution in [0.1, 0.15) is 11.1 Å². The standard InChI is InChI=1S/C22H20N2O3S/c1-17-7-10-20(11-8-17)24-28(26,27)21-14-12-19(13-15-21)23-22(25)16-9-18-5-3-2-4-6-18/h2-16,24H,1H3,(H,23,25)/b16-9+. The van der Waals surface area contributed by atoms with E-state index in [1.807, 2.05) is 49.4 Å². The van der Waals surface area contributed by atoms with Gasteiger partial charge in [0, 0.05) is 17.5 Å². The van der Waals surface area contributed by atoms with Crippen molar-refractivity contribution < 1.29 is 13.2 Å². The first-order valence-electron chi connectivity index (χ1n) is 8.66. The summed E-state index contributed by atoms with van der Waals surface area (Å²) in [5, 5.41) is 2.71. The van der Waals surface area contributed by atoms with Crippen LogP contribution in [0.5, 0.6) is 0 Å². The lowest BCUT2D eigenvalue weighted by atomic mass is 10.2. The minimum absolute atomic E-state index is 0.117. The molecule has 142 valence electrons. The van der Waals surface area contributed by atoms with Crippen LogP contribution in [-0.2, 0) is 14.8 Å². The number of amides is 1. The molecule has 3 aromatic carbocycles. The van der Waals surface area contributed by atoms with Gasteiger partial charge in [0.15, 0.2) is 0 Å². The lowest BCUT2D eigenvalue weighted by Crippen LogP contribution is -2.13. The Morgan fingerprint density at radius 2 is 1.43 bits per heavy atom. The molecule has 3 aromatic rings. The Hall–Kier alpha value is -3.38. The van der Waals surface area contributed by atoms with E-state index in [4.69, 9.17) is 0 Å². The summed E-state index contributed by atoms with van der Waals surface area (Å²) in [6.45, 7) is 1.93. The summed E-state index contributed by atoms with van der Waals surface area (Å²) in [6.07, 6.45) is 3.14. The third-order valence-corrected chi connectivity index (χ3v) is 5.36. The number of carbonyl (C=O) groups is 1. The zero-order valence-electron chi connectivity index (χ0n) is 15.3. The quantitative estimate of drug-likeness (QED) is 0.609. The smallest absolute Gasteiger partial charge is 0.261 e. The molecule has 0 aliphatic carbocycles. The summed E-state index contributed by atoms with van der Waals surface area (Å²) in [5.74, 6) is -0.294. The average Bonchev–Trinajstić information content (AvgIpc) is 2.69. The minimum atomic E-state index is -3.69. The molecule has 0 aliphatic rings. The average molecular weight is 392 g/mol. The van der Waals surface area contributed by atoms with Crippen LogP contribution in [-0.4, -0.2) is 14.3 Å². The first kappa shape index (κ1) is 19.4. The molecule has 0 radical (unpaired) electrons. The number of benzene rings is 3. The van der Waals surface area contributed by atoms with Crippen molar-refractivity contribution >= 4 is 33.4 Å². The van der Waals surface area contributed by atoms with Crippen LogP contribution in [0.3, 0.4) is 0 Å². The van der Waals surface area contributed by atoms with Gasteiger partial charge in [-0.05, 0) is 55.0 Å². The van der Waals surface area contributed by atoms with Gasteiger partial charge < -0.3 is 5.32 Å². The van der Waals surface area contributed by atoms with Crippen molar-refractivity contribution in [3.05, 3.63) is 96.1 Å². The highest BCUT2D eigenvalue weighted by Gasteiger charge is 2.14. The van der Waals surface area contributed by atoms with Gasteiger partial charge in [-0.25, -0.2) is 8.42 Å². The van der Waals surface area contributed by atoms with E-state index >= 15 is 0 Å². The molecule has 0 atom stereocenters. The highest BCUT2D eigenvalue weighted by atomic mass is 32.2. The van der Waals surface area contributed by atoms with Crippen molar-refractivity contribution in [2.75, 3.05) is 10.0 Å². The summed E-state index contributed by atoms with van der Waals surface area (Å²) in [7, 11) is -3.69. The SMILES string of the molecule is Cc1ccc(NS(=O)(=O)c2ccc(NC(=O)/C=C/c3ccccc3)cc2)cc1. The van der Waals surface area contributed by atoms with E-state index in [1.165, 1.54) is 18.2 Å². The fourth-order valence-electron chi connectivity index (χ4n) is 2.47. The third kappa shape index (κ3) is 5.31. The molecular weight excluding hydrogens is 372 g/mol. The van der Waals surface area contributed by atoms with E-state index in [9.17, 15) is 13.2 Å². The van der Waals surface area contributed by atoms with Crippen molar-refractivity contribution in [1.82, 2.24) is 0 Å². The number of hydrogen-bond acceptors (Lipinski definition) is 3. The normalized spacial score (nSPS) is 11.3. The summed E-state index contributed by atoms with van der Waals surface area (Å²) >= 11 is 0. The maximum atomic E-state index is 12.5. The van der Waals surface area contributed by atoms with E-state index in [-0.39, 0.29) is 10.8 Å². The van der Waals surface area contributed by atoms with Gasteiger partial charge >= 0.3 is 0 Å². The van der Waals surface area contributed by atoms with Crippen molar-refractivity contribution in [1.29, 1.82) is 0 Å².